The standard InChI is InChI=1S/C23H17ClF2N4O5S/c24-17-8-27-21-4-1-14(9-30(21)23(17)31)15-5-19(22(28-7-15)35-12-13-10-34-11-13)29-36(32,33)20-3-2-16(25)6-18(20)26/h1-9,13,29H,10-12H2. The zero-order chi connectivity index (χ0) is 25.4. The van der Waals surface area contributed by atoms with E-state index in [1.807, 2.05) is 0 Å². The lowest BCUT2D eigenvalue weighted by molar-refractivity contribution is -0.0513. The molecule has 5 rings (SSSR count). The molecule has 1 N–H and O–H groups in total. The van der Waals surface area contributed by atoms with Crippen LogP contribution in [0.2, 0.25) is 5.02 Å². The summed E-state index contributed by atoms with van der Waals surface area (Å²) in [7, 11) is -4.48. The second-order valence-electron chi connectivity index (χ2n) is 8.03. The molecule has 0 bridgehead atoms. The summed E-state index contributed by atoms with van der Waals surface area (Å²) in [6.07, 6.45) is 4.17. The van der Waals surface area contributed by atoms with Gasteiger partial charge in [0.15, 0.2) is 0 Å². The van der Waals surface area contributed by atoms with Gasteiger partial charge in [0.25, 0.3) is 15.6 Å². The largest absolute Gasteiger partial charge is 0.476 e. The van der Waals surface area contributed by atoms with E-state index in [-0.39, 0.29) is 29.1 Å². The van der Waals surface area contributed by atoms with Crippen LogP contribution in [-0.2, 0) is 14.8 Å². The number of sulfonamides is 1. The second-order valence-corrected chi connectivity index (χ2v) is 10.1. The number of rotatable bonds is 7. The Bertz CT molecular complexity index is 1640. The van der Waals surface area contributed by atoms with Crippen LogP contribution < -0.4 is 15.0 Å². The zero-order valence-electron chi connectivity index (χ0n) is 18.3. The molecule has 1 fully saturated rings. The lowest BCUT2D eigenvalue weighted by Gasteiger charge is -2.26. The molecule has 1 aliphatic rings. The van der Waals surface area contributed by atoms with Crippen molar-refractivity contribution in [1.29, 1.82) is 0 Å². The maximum atomic E-state index is 14.3. The average molecular weight is 535 g/mol. The number of hydrogen-bond donors (Lipinski definition) is 1. The van der Waals surface area contributed by atoms with Crippen molar-refractivity contribution in [2.45, 2.75) is 4.90 Å². The molecular weight excluding hydrogens is 518 g/mol. The van der Waals surface area contributed by atoms with Crippen molar-refractivity contribution in [2.75, 3.05) is 24.5 Å². The highest BCUT2D eigenvalue weighted by Crippen LogP contribution is 2.31. The van der Waals surface area contributed by atoms with Gasteiger partial charge in [-0.3, -0.25) is 13.9 Å². The summed E-state index contributed by atoms with van der Waals surface area (Å²) in [5.74, 6) is -2.09. The molecule has 13 heteroatoms. The molecule has 0 unspecified atom stereocenters. The number of nitrogens with one attached hydrogen (secondary N) is 1. The van der Waals surface area contributed by atoms with E-state index in [9.17, 15) is 22.0 Å². The molecular formula is C23H17ClF2N4O5S. The second kappa shape index (κ2) is 9.45. The third-order valence-corrected chi connectivity index (χ3v) is 7.09. The number of pyridine rings is 2. The van der Waals surface area contributed by atoms with E-state index in [2.05, 4.69) is 14.7 Å². The minimum absolute atomic E-state index is 0.0422. The van der Waals surface area contributed by atoms with Gasteiger partial charge in [0.2, 0.25) is 5.88 Å². The Morgan fingerprint density at radius 1 is 1.11 bits per heavy atom. The fourth-order valence-corrected chi connectivity index (χ4v) is 4.74. The SMILES string of the molecule is O=c1c(Cl)cnc2ccc(-c3cnc(OCC4COC4)c(NS(=O)(=O)c4ccc(F)cc4F)c3)cn12. The highest BCUT2D eigenvalue weighted by molar-refractivity contribution is 7.92. The van der Waals surface area contributed by atoms with Crippen LogP contribution in [-0.4, -0.2) is 42.6 Å². The molecule has 0 atom stereocenters. The summed E-state index contributed by atoms with van der Waals surface area (Å²) in [5, 5.41) is -0.0683. The van der Waals surface area contributed by atoms with Gasteiger partial charge in [0.05, 0.1) is 26.0 Å². The monoisotopic (exact) mass is 534 g/mol. The Morgan fingerprint density at radius 3 is 2.64 bits per heavy atom. The molecule has 4 heterocycles. The lowest BCUT2D eigenvalue weighted by atomic mass is 10.1. The number of hydrogen-bond acceptors (Lipinski definition) is 7. The minimum atomic E-state index is -4.48. The minimum Gasteiger partial charge on any atom is -0.476 e. The van der Waals surface area contributed by atoms with Crippen molar-refractivity contribution in [2.24, 2.45) is 5.92 Å². The number of aromatic nitrogens is 3. The summed E-state index contributed by atoms with van der Waals surface area (Å²) in [6, 6.07) is 6.82. The van der Waals surface area contributed by atoms with Crippen LogP contribution in [0.4, 0.5) is 14.5 Å². The van der Waals surface area contributed by atoms with Gasteiger partial charge in [-0.15, -0.1) is 0 Å². The van der Waals surface area contributed by atoms with Crippen LogP contribution >= 0.6 is 11.6 Å². The predicted octanol–water partition coefficient (Wildman–Crippen LogP) is 3.51. The Morgan fingerprint density at radius 2 is 1.92 bits per heavy atom. The normalized spacial score (nSPS) is 14.0. The van der Waals surface area contributed by atoms with E-state index in [4.69, 9.17) is 21.1 Å². The Balaban J connectivity index is 1.55. The van der Waals surface area contributed by atoms with Crippen LogP contribution in [0.25, 0.3) is 16.8 Å². The van der Waals surface area contributed by atoms with Crippen LogP contribution in [0.5, 0.6) is 5.88 Å². The summed E-state index contributed by atoms with van der Waals surface area (Å²) in [6.45, 7) is 1.23. The number of nitrogens with zero attached hydrogens (tertiary/aromatic N) is 3. The first-order valence-corrected chi connectivity index (χ1v) is 12.4. The molecule has 3 aromatic heterocycles. The molecule has 1 aliphatic heterocycles. The Kier molecular flexibility index (Phi) is 6.33. The van der Waals surface area contributed by atoms with Gasteiger partial charge in [-0.25, -0.2) is 27.2 Å². The molecule has 0 aliphatic carbocycles. The maximum Gasteiger partial charge on any atom is 0.276 e. The van der Waals surface area contributed by atoms with Gasteiger partial charge < -0.3 is 9.47 Å². The molecule has 0 radical (unpaired) electrons. The highest BCUT2D eigenvalue weighted by atomic mass is 35.5. The van der Waals surface area contributed by atoms with E-state index < -0.39 is 32.1 Å². The van der Waals surface area contributed by atoms with Crippen LogP contribution in [0.1, 0.15) is 0 Å². The van der Waals surface area contributed by atoms with Gasteiger partial charge in [-0.05, 0) is 30.3 Å². The maximum absolute atomic E-state index is 14.3. The fourth-order valence-electron chi connectivity index (χ4n) is 3.49. The molecule has 0 saturated carbocycles. The summed E-state index contributed by atoms with van der Waals surface area (Å²) in [5.41, 5.74) is 0.713. The number of halogens is 3. The molecule has 4 aromatic rings. The van der Waals surface area contributed by atoms with Crippen molar-refractivity contribution in [3.05, 3.63) is 82.0 Å². The van der Waals surface area contributed by atoms with Crippen LogP contribution in [0, 0.1) is 17.6 Å². The first-order valence-electron chi connectivity index (χ1n) is 10.6. The third-order valence-electron chi connectivity index (χ3n) is 5.44. The Hall–Kier alpha value is -3.61. The van der Waals surface area contributed by atoms with Gasteiger partial charge in [-0.2, -0.15) is 0 Å². The van der Waals surface area contributed by atoms with Gasteiger partial charge in [0, 0.05) is 35.5 Å². The quantitative estimate of drug-likeness (QED) is 0.386. The highest BCUT2D eigenvalue weighted by Gasteiger charge is 2.24. The lowest BCUT2D eigenvalue weighted by Crippen LogP contribution is -2.32. The molecule has 36 heavy (non-hydrogen) atoms. The van der Waals surface area contributed by atoms with E-state index in [0.29, 0.717) is 36.1 Å². The first kappa shape index (κ1) is 24.1. The molecule has 1 aromatic carbocycles. The van der Waals surface area contributed by atoms with Gasteiger partial charge in [0.1, 0.15) is 32.9 Å². The summed E-state index contributed by atoms with van der Waals surface area (Å²) >= 11 is 5.90. The predicted molar refractivity (Wildman–Crippen MR) is 127 cm³/mol. The zero-order valence-corrected chi connectivity index (χ0v) is 19.9. The van der Waals surface area contributed by atoms with Gasteiger partial charge in [-0.1, -0.05) is 11.6 Å². The molecule has 0 amide bonds. The third kappa shape index (κ3) is 4.74. The smallest absolute Gasteiger partial charge is 0.276 e. The number of fused-ring (bicyclic) bond motifs is 1. The van der Waals surface area contributed by atoms with Crippen molar-refractivity contribution in [1.82, 2.24) is 14.4 Å². The van der Waals surface area contributed by atoms with E-state index in [0.717, 1.165) is 12.1 Å². The molecule has 186 valence electrons. The fraction of sp³-hybridized carbons (Fsp3) is 0.174. The van der Waals surface area contributed by atoms with Crippen molar-refractivity contribution in [3.63, 3.8) is 0 Å². The number of ether oxygens (including phenoxy) is 2. The summed E-state index contributed by atoms with van der Waals surface area (Å²) in [4.78, 5) is 20.0. The van der Waals surface area contributed by atoms with Crippen LogP contribution in [0.15, 0.2) is 64.7 Å². The van der Waals surface area contributed by atoms with Crippen molar-refractivity contribution < 1.29 is 26.7 Å². The van der Waals surface area contributed by atoms with Crippen LogP contribution in [0.3, 0.4) is 0 Å². The number of anilines is 1. The molecule has 0 spiro atoms. The number of benzene rings is 1. The van der Waals surface area contributed by atoms with Crippen molar-refractivity contribution >= 4 is 33.0 Å². The van der Waals surface area contributed by atoms with Gasteiger partial charge >= 0.3 is 0 Å². The molecule has 9 nitrogen and oxygen atoms in total. The average Bonchev–Trinajstić information content (AvgIpc) is 2.80. The van der Waals surface area contributed by atoms with E-state index in [1.54, 1.807) is 12.1 Å². The first-order chi connectivity index (χ1) is 17.2. The topological polar surface area (TPSA) is 112 Å². The van der Waals surface area contributed by atoms with E-state index in [1.165, 1.54) is 29.1 Å². The Labute approximate surface area is 208 Å². The summed E-state index contributed by atoms with van der Waals surface area (Å²) < 4.78 is 67.8. The molecule has 1 saturated heterocycles. The van der Waals surface area contributed by atoms with Crippen molar-refractivity contribution in [3.8, 4) is 17.0 Å². The van der Waals surface area contributed by atoms with E-state index >= 15 is 0 Å².